The van der Waals surface area contributed by atoms with Crippen molar-refractivity contribution in [1.82, 2.24) is 24.5 Å². The molecule has 0 aromatic carbocycles. The predicted octanol–water partition coefficient (Wildman–Crippen LogP) is 7.25. The first kappa shape index (κ1) is 27.6. The molecule has 0 spiro atoms. The van der Waals surface area contributed by atoms with Gasteiger partial charge in [0, 0.05) is 42.8 Å². The molecule has 3 aliphatic carbocycles. The van der Waals surface area contributed by atoms with E-state index in [2.05, 4.69) is 19.9 Å². The zero-order valence-corrected chi connectivity index (χ0v) is 22.3. The summed E-state index contributed by atoms with van der Waals surface area (Å²) in [6, 6.07) is 1.82. The number of fused-ring (bicyclic) bond motifs is 5. The van der Waals surface area contributed by atoms with Crippen LogP contribution in [0.1, 0.15) is 59.8 Å². The fourth-order valence-corrected chi connectivity index (χ4v) is 5.26. The predicted molar refractivity (Wildman–Crippen MR) is 142 cm³/mol. The lowest BCUT2D eigenvalue weighted by molar-refractivity contribution is -0.147. The number of rotatable bonds is 2. The van der Waals surface area contributed by atoms with Crippen molar-refractivity contribution in [3.05, 3.63) is 41.7 Å². The zero-order chi connectivity index (χ0) is 26.4. The van der Waals surface area contributed by atoms with Gasteiger partial charge in [-0.2, -0.15) is 0 Å². The number of nitrogens with zero attached hydrogens (tertiary/aromatic N) is 4. The van der Waals surface area contributed by atoms with Crippen molar-refractivity contribution in [2.45, 2.75) is 59.8 Å². The maximum atomic E-state index is 13.4. The lowest BCUT2D eigenvalue weighted by atomic mass is 9.65. The zero-order valence-electron chi connectivity index (χ0n) is 21.6. The molecular weight excluding hydrogens is 481 g/mol. The molecule has 2 N–H and O–H groups in total. The van der Waals surface area contributed by atoms with Gasteiger partial charge in [0.15, 0.2) is 11.6 Å². The topological polar surface area (TPSA) is 96.7 Å². The van der Waals surface area contributed by atoms with Crippen molar-refractivity contribution in [3.8, 4) is 11.4 Å². The minimum Gasteiger partial charge on any atom is -0.481 e. The average Bonchev–Trinajstić information content (AvgIpc) is 3.46. The molecular formula is C27H35ClFN5O2. The van der Waals surface area contributed by atoms with E-state index in [1.54, 1.807) is 6.20 Å². The number of H-pyrrole nitrogens is 1. The Morgan fingerprint density at radius 2 is 1.81 bits per heavy atom. The summed E-state index contributed by atoms with van der Waals surface area (Å²) in [6.45, 7) is 8.00. The molecule has 194 valence electrons. The molecule has 1 atom stereocenters. The van der Waals surface area contributed by atoms with Gasteiger partial charge in [-0.25, -0.2) is 19.3 Å². The number of hydrogen-bond donors (Lipinski definition) is 2. The van der Waals surface area contributed by atoms with Crippen LogP contribution in [0.25, 0.3) is 33.5 Å². The smallest absolute Gasteiger partial charge is 0.306 e. The molecule has 4 aromatic heterocycles. The van der Waals surface area contributed by atoms with E-state index in [1.807, 2.05) is 51.6 Å². The van der Waals surface area contributed by atoms with E-state index in [1.165, 1.54) is 38.1 Å². The molecule has 0 amide bonds. The van der Waals surface area contributed by atoms with Gasteiger partial charge in [-0.15, -0.1) is 0 Å². The number of aryl methyl sites for hydroxylation is 1. The van der Waals surface area contributed by atoms with Crippen LogP contribution < -0.4 is 0 Å². The summed E-state index contributed by atoms with van der Waals surface area (Å²) in [4.78, 5) is 26.5. The number of carboxylic acid groups (broad SMARTS) is 1. The minimum absolute atomic E-state index is 0.00231. The fraction of sp³-hybridized carbons (Fsp3) is 0.481. The lowest BCUT2D eigenvalue weighted by Gasteiger charge is -2.40. The molecule has 4 aromatic rings. The standard InChI is InChI=1S/C14H9ClFN5.C9H14O2.2C2H6/c1-21-6-10(8-2-7(15)3-19-14(8)21)13-17-4-9-11(16)5-18-12(9)20-13;10-9(11)8-5-6-1-3-7(8)4-2-6;2*1-2/h2-6H,1H3,(H,17,18,20);6-8H,1-5H2,(H,10,11);2*1-2H3. The maximum Gasteiger partial charge on any atom is 0.306 e. The number of carbonyl (C=O) groups is 1. The Morgan fingerprint density at radius 1 is 1.11 bits per heavy atom. The maximum absolute atomic E-state index is 13.4. The second-order valence-corrected chi connectivity index (χ2v) is 9.17. The number of nitrogens with one attached hydrogen (secondary N) is 1. The summed E-state index contributed by atoms with van der Waals surface area (Å²) >= 11 is 6.02. The monoisotopic (exact) mass is 515 g/mol. The van der Waals surface area contributed by atoms with Crippen LogP contribution in [0.3, 0.4) is 0 Å². The summed E-state index contributed by atoms with van der Waals surface area (Å²) in [5.74, 6) is 0.832. The highest BCUT2D eigenvalue weighted by molar-refractivity contribution is 6.31. The van der Waals surface area contributed by atoms with Gasteiger partial charge in [0.25, 0.3) is 0 Å². The van der Waals surface area contributed by atoms with E-state index >= 15 is 0 Å². The highest BCUT2D eigenvalue weighted by Crippen LogP contribution is 2.44. The Bertz CT molecular complexity index is 1310. The number of halogens is 2. The molecule has 7 rings (SSSR count). The SMILES string of the molecule is CC.CC.Cn1cc(-c2ncc3c(F)c[nH]c3n2)c2cc(Cl)cnc21.O=C(O)C1CC2CCC1CC2. The molecule has 3 saturated carbocycles. The van der Waals surface area contributed by atoms with E-state index in [0.29, 0.717) is 27.8 Å². The molecule has 36 heavy (non-hydrogen) atoms. The van der Waals surface area contributed by atoms with Gasteiger partial charge in [-0.1, -0.05) is 52.1 Å². The van der Waals surface area contributed by atoms with Gasteiger partial charge in [0.05, 0.1) is 16.3 Å². The van der Waals surface area contributed by atoms with Crippen molar-refractivity contribution in [1.29, 1.82) is 0 Å². The molecule has 0 radical (unpaired) electrons. The van der Waals surface area contributed by atoms with Crippen LogP contribution in [0.2, 0.25) is 5.02 Å². The van der Waals surface area contributed by atoms with Crippen molar-refractivity contribution >= 4 is 39.6 Å². The number of pyridine rings is 1. The van der Waals surface area contributed by atoms with Gasteiger partial charge >= 0.3 is 5.97 Å². The Kier molecular flexibility index (Phi) is 9.43. The van der Waals surface area contributed by atoms with E-state index in [-0.39, 0.29) is 11.7 Å². The van der Waals surface area contributed by atoms with Gasteiger partial charge in [0.1, 0.15) is 11.3 Å². The number of aliphatic carboxylic acids is 1. The summed E-state index contributed by atoms with van der Waals surface area (Å²) in [6.07, 6.45) is 12.1. The van der Waals surface area contributed by atoms with Crippen molar-refractivity contribution in [2.75, 3.05) is 0 Å². The summed E-state index contributed by atoms with van der Waals surface area (Å²) < 4.78 is 15.3. The summed E-state index contributed by atoms with van der Waals surface area (Å²) in [7, 11) is 1.89. The third-order valence-corrected chi connectivity index (χ3v) is 6.97. The van der Waals surface area contributed by atoms with E-state index in [4.69, 9.17) is 16.7 Å². The summed E-state index contributed by atoms with van der Waals surface area (Å²) in [5, 5.41) is 10.6. The van der Waals surface area contributed by atoms with Crippen molar-refractivity contribution in [3.63, 3.8) is 0 Å². The van der Waals surface area contributed by atoms with E-state index < -0.39 is 5.97 Å². The molecule has 9 heteroatoms. The van der Waals surface area contributed by atoms with Crippen LogP contribution in [0.5, 0.6) is 0 Å². The molecule has 0 aliphatic heterocycles. The van der Waals surface area contributed by atoms with Gasteiger partial charge < -0.3 is 14.7 Å². The Labute approximate surface area is 216 Å². The highest BCUT2D eigenvalue weighted by atomic mass is 35.5. The highest BCUT2D eigenvalue weighted by Gasteiger charge is 2.39. The molecule has 2 bridgehead atoms. The Hall–Kier alpha value is -3.00. The largest absolute Gasteiger partial charge is 0.481 e. The van der Waals surface area contributed by atoms with Crippen molar-refractivity contribution < 1.29 is 14.3 Å². The third-order valence-electron chi connectivity index (χ3n) is 6.77. The number of carboxylic acids is 1. The first-order valence-corrected chi connectivity index (χ1v) is 13.1. The fourth-order valence-electron chi connectivity index (χ4n) is 5.10. The molecule has 7 nitrogen and oxygen atoms in total. The minimum atomic E-state index is -0.556. The molecule has 0 saturated heterocycles. The quantitative estimate of drug-likeness (QED) is 0.293. The van der Waals surface area contributed by atoms with Crippen LogP contribution in [0, 0.1) is 23.6 Å². The molecule has 3 fully saturated rings. The molecule has 1 unspecified atom stereocenters. The number of hydrogen-bond acceptors (Lipinski definition) is 4. The van der Waals surface area contributed by atoms with E-state index in [9.17, 15) is 9.18 Å². The van der Waals surface area contributed by atoms with Crippen molar-refractivity contribution in [2.24, 2.45) is 24.8 Å². The molecule has 4 heterocycles. The Morgan fingerprint density at radius 3 is 2.39 bits per heavy atom. The number of aromatic amines is 1. The second-order valence-electron chi connectivity index (χ2n) is 8.73. The van der Waals surface area contributed by atoms with Crippen LogP contribution >= 0.6 is 11.6 Å². The van der Waals surface area contributed by atoms with Crippen LogP contribution in [0.4, 0.5) is 4.39 Å². The second kappa shape index (κ2) is 12.3. The van der Waals surface area contributed by atoms with Gasteiger partial charge in [-0.3, -0.25) is 4.79 Å². The lowest BCUT2D eigenvalue weighted by Crippen LogP contribution is -2.35. The van der Waals surface area contributed by atoms with Crippen LogP contribution in [-0.4, -0.2) is 35.6 Å². The third kappa shape index (κ3) is 5.69. The first-order chi connectivity index (χ1) is 17.4. The molecule has 3 aliphatic rings. The van der Waals surface area contributed by atoms with Crippen LogP contribution in [0.15, 0.2) is 30.9 Å². The van der Waals surface area contributed by atoms with Gasteiger partial charge in [-0.05, 0) is 37.2 Å². The Balaban J connectivity index is 0.000000203. The van der Waals surface area contributed by atoms with Crippen LogP contribution in [-0.2, 0) is 11.8 Å². The normalized spacial score (nSPS) is 20.0. The summed E-state index contributed by atoms with van der Waals surface area (Å²) in [5.41, 5.74) is 2.06. The first-order valence-electron chi connectivity index (χ1n) is 12.7. The number of aromatic nitrogens is 5. The van der Waals surface area contributed by atoms with Gasteiger partial charge in [0.2, 0.25) is 0 Å². The van der Waals surface area contributed by atoms with E-state index in [0.717, 1.165) is 28.9 Å². The average molecular weight is 516 g/mol.